The van der Waals surface area contributed by atoms with E-state index in [4.69, 9.17) is 14.9 Å². The zero-order valence-corrected chi connectivity index (χ0v) is 10.5. The second-order valence-electron chi connectivity index (χ2n) is 4.14. The Bertz CT molecular complexity index is 625. The lowest BCUT2D eigenvalue weighted by Crippen LogP contribution is -2.06. The first-order valence-electron chi connectivity index (χ1n) is 5.95. The zero-order chi connectivity index (χ0) is 14.5. The largest absolute Gasteiger partial charge is 0.488 e. The standard InChI is InChI=1S/C15H13FO4/c16-14-11(5-3-6-12(14)15(18)19)9-20-13-7-2-1-4-10(13)8-17/h1-7,17H,8-9H2,(H,18,19). The van der Waals surface area contributed by atoms with E-state index >= 15 is 0 Å². The number of carboxylic acid groups (broad SMARTS) is 1. The van der Waals surface area contributed by atoms with Crippen LogP contribution in [0.3, 0.4) is 0 Å². The molecule has 2 N–H and O–H groups in total. The lowest BCUT2D eigenvalue weighted by atomic mass is 10.1. The highest BCUT2D eigenvalue weighted by molar-refractivity contribution is 5.88. The maximum Gasteiger partial charge on any atom is 0.338 e. The molecule has 104 valence electrons. The minimum atomic E-state index is -1.32. The quantitative estimate of drug-likeness (QED) is 0.881. The summed E-state index contributed by atoms with van der Waals surface area (Å²) in [5, 5.41) is 18.0. The molecule has 0 radical (unpaired) electrons. The number of hydrogen-bond donors (Lipinski definition) is 2. The topological polar surface area (TPSA) is 66.8 Å². The number of rotatable bonds is 5. The smallest absolute Gasteiger partial charge is 0.338 e. The molecule has 2 aromatic rings. The molecule has 0 atom stereocenters. The van der Waals surface area contributed by atoms with Gasteiger partial charge in [0.15, 0.2) is 0 Å². The minimum absolute atomic E-state index is 0.107. The van der Waals surface area contributed by atoms with E-state index in [0.717, 1.165) is 0 Å². The zero-order valence-electron chi connectivity index (χ0n) is 10.5. The van der Waals surface area contributed by atoms with Crippen LogP contribution in [0.2, 0.25) is 0 Å². The van der Waals surface area contributed by atoms with Gasteiger partial charge >= 0.3 is 5.97 Å². The van der Waals surface area contributed by atoms with Gasteiger partial charge in [-0.2, -0.15) is 0 Å². The van der Waals surface area contributed by atoms with Crippen LogP contribution in [0.25, 0.3) is 0 Å². The predicted octanol–water partition coefficient (Wildman–Crippen LogP) is 2.60. The first kappa shape index (κ1) is 14.0. The van der Waals surface area contributed by atoms with E-state index in [1.54, 1.807) is 24.3 Å². The van der Waals surface area contributed by atoms with Gasteiger partial charge in [0, 0.05) is 11.1 Å². The second-order valence-corrected chi connectivity index (χ2v) is 4.14. The Morgan fingerprint density at radius 3 is 2.50 bits per heavy atom. The van der Waals surface area contributed by atoms with Gasteiger partial charge in [-0.15, -0.1) is 0 Å². The number of hydrogen-bond acceptors (Lipinski definition) is 3. The summed E-state index contributed by atoms with van der Waals surface area (Å²) in [6.07, 6.45) is 0. The van der Waals surface area contributed by atoms with Crippen molar-refractivity contribution in [2.24, 2.45) is 0 Å². The number of carbonyl (C=O) groups is 1. The minimum Gasteiger partial charge on any atom is -0.488 e. The fraction of sp³-hybridized carbons (Fsp3) is 0.133. The number of aromatic carboxylic acids is 1. The van der Waals surface area contributed by atoms with Crippen molar-refractivity contribution in [2.45, 2.75) is 13.2 Å². The van der Waals surface area contributed by atoms with Crippen molar-refractivity contribution in [3.05, 3.63) is 65.0 Å². The summed E-state index contributed by atoms with van der Waals surface area (Å²) in [6, 6.07) is 11.0. The van der Waals surface area contributed by atoms with Crippen molar-refractivity contribution >= 4 is 5.97 Å². The number of carboxylic acids is 1. The maximum atomic E-state index is 13.9. The molecule has 0 amide bonds. The third-order valence-electron chi connectivity index (χ3n) is 2.84. The molecule has 0 aliphatic rings. The molecule has 2 rings (SSSR count). The molecule has 0 fully saturated rings. The number of benzene rings is 2. The Morgan fingerprint density at radius 1 is 1.10 bits per heavy atom. The molecule has 0 aliphatic carbocycles. The van der Waals surface area contributed by atoms with E-state index in [2.05, 4.69) is 0 Å². The van der Waals surface area contributed by atoms with Crippen LogP contribution in [-0.4, -0.2) is 16.2 Å². The Morgan fingerprint density at radius 2 is 1.80 bits per heavy atom. The fourth-order valence-corrected chi connectivity index (χ4v) is 1.79. The normalized spacial score (nSPS) is 10.3. The van der Waals surface area contributed by atoms with Crippen molar-refractivity contribution in [2.75, 3.05) is 0 Å². The Hall–Kier alpha value is -2.40. The highest BCUT2D eigenvalue weighted by Gasteiger charge is 2.14. The summed E-state index contributed by atoms with van der Waals surface area (Å²) in [4.78, 5) is 10.8. The first-order valence-corrected chi connectivity index (χ1v) is 5.95. The second kappa shape index (κ2) is 6.16. The number of para-hydroxylation sites is 1. The molecule has 4 nitrogen and oxygen atoms in total. The molecule has 20 heavy (non-hydrogen) atoms. The number of ether oxygens (including phenoxy) is 1. The predicted molar refractivity (Wildman–Crippen MR) is 70.1 cm³/mol. The molecule has 0 aromatic heterocycles. The Balaban J connectivity index is 2.19. The van der Waals surface area contributed by atoms with E-state index in [1.165, 1.54) is 18.2 Å². The molecule has 0 saturated heterocycles. The molecule has 2 aromatic carbocycles. The summed E-state index contributed by atoms with van der Waals surface area (Å²) >= 11 is 0. The van der Waals surface area contributed by atoms with Crippen molar-refractivity contribution in [1.82, 2.24) is 0 Å². The van der Waals surface area contributed by atoms with Crippen LogP contribution in [-0.2, 0) is 13.2 Å². The molecule has 0 heterocycles. The average molecular weight is 276 g/mol. The van der Waals surface area contributed by atoms with Crippen molar-refractivity contribution in [3.63, 3.8) is 0 Å². The SMILES string of the molecule is O=C(O)c1cccc(COc2ccccc2CO)c1F. The summed E-state index contributed by atoms with van der Waals surface area (Å²) in [5.41, 5.74) is 0.349. The lowest BCUT2D eigenvalue weighted by molar-refractivity contribution is 0.0691. The summed E-state index contributed by atoms with van der Waals surface area (Å²) in [5.74, 6) is -1.68. The lowest BCUT2D eigenvalue weighted by Gasteiger charge is -2.11. The van der Waals surface area contributed by atoms with Crippen molar-refractivity contribution in [3.8, 4) is 5.75 Å². The molecule has 5 heteroatoms. The van der Waals surface area contributed by atoms with Gasteiger partial charge in [0.2, 0.25) is 0 Å². The van der Waals surface area contributed by atoms with Gasteiger partial charge < -0.3 is 14.9 Å². The van der Waals surface area contributed by atoms with Crippen LogP contribution in [0, 0.1) is 5.82 Å². The number of aliphatic hydroxyl groups excluding tert-OH is 1. The molecule has 0 bridgehead atoms. The fourth-order valence-electron chi connectivity index (χ4n) is 1.79. The van der Waals surface area contributed by atoms with E-state index in [9.17, 15) is 9.18 Å². The van der Waals surface area contributed by atoms with Gasteiger partial charge in [-0.1, -0.05) is 30.3 Å². The highest BCUT2D eigenvalue weighted by atomic mass is 19.1. The third-order valence-corrected chi connectivity index (χ3v) is 2.84. The highest BCUT2D eigenvalue weighted by Crippen LogP contribution is 2.21. The summed E-state index contributed by atoms with van der Waals surface area (Å²) in [6.45, 7) is -0.294. The van der Waals surface area contributed by atoms with Gasteiger partial charge in [-0.05, 0) is 12.1 Å². The molecular weight excluding hydrogens is 263 g/mol. The van der Waals surface area contributed by atoms with E-state index in [-0.39, 0.29) is 24.3 Å². The average Bonchev–Trinajstić information content (AvgIpc) is 2.46. The van der Waals surface area contributed by atoms with Crippen LogP contribution in [0.5, 0.6) is 5.75 Å². The van der Waals surface area contributed by atoms with Crippen molar-refractivity contribution in [1.29, 1.82) is 0 Å². The molecule has 0 spiro atoms. The van der Waals surface area contributed by atoms with Gasteiger partial charge in [0.1, 0.15) is 18.2 Å². The van der Waals surface area contributed by atoms with Crippen LogP contribution < -0.4 is 4.74 Å². The Labute approximate surface area is 115 Å². The van der Waals surface area contributed by atoms with Crippen LogP contribution >= 0.6 is 0 Å². The van der Waals surface area contributed by atoms with Crippen LogP contribution in [0.15, 0.2) is 42.5 Å². The third kappa shape index (κ3) is 2.95. The van der Waals surface area contributed by atoms with E-state index in [0.29, 0.717) is 11.3 Å². The molecule has 0 unspecified atom stereocenters. The summed E-state index contributed by atoms with van der Waals surface area (Å²) < 4.78 is 19.3. The van der Waals surface area contributed by atoms with Gasteiger partial charge in [-0.25, -0.2) is 9.18 Å². The van der Waals surface area contributed by atoms with E-state index < -0.39 is 11.8 Å². The van der Waals surface area contributed by atoms with E-state index in [1.807, 2.05) is 0 Å². The molecule has 0 aliphatic heterocycles. The van der Waals surface area contributed by atoms with Crippen molar-refractivity contribution < 1.29 is 24.1 Å². The van der Waals surface area contributed by atoms with Gasteiger partial charge in [-0.3, -0.25) is 0 Å². The monoisotopic (exact) mass is 276 g/mol. The van der Waals surface area contributed by atoms with Crippen LogP contribution in [0.1, 0.15) is 21.5 Å². The number of halogens is 1. The van der Waals surface area contributed by atoms with Crippen LogP contribution in [0.4, 0.5) is 4.39 Å². The van der Waals surface area contributed by atoms with Gasteiger partial charge in [0.25, 0.3) is 0 Å². The number of aliphatic hydroxyl groups is 1. The maximum absolute atomic E-state index is 13.9. The summed E-state index contributed by atoms with van der Waals surface area (Å²) in [7, 11) is 0. The Kier molecular flexibility index (Phi) is 4.32. The van der Waals surface area contributed by atoms with Gasteiger partial charge in [0.05, 0.1) is 12.2 Å². The molecular formula is C15H13FO4. The first-order chi connectivity index (χ1) is 9.63. The molecule has 0 saturated carbocycles.